The van der Waals surface area contributed by atoms with Crippen molar-refractivity contribution in [2.75, 3.05) is 0 Å². The van der Waals surface area contributed by atoms with E-state index in [0.29, 0.717) is 28.0 Å². The van der Waals surface area contributed by atoms with Crippen molar-refractivity contribution in [1.29, 1.82) is 0 Å². The summed E-state index contributed by atoms with van der Waals surface area (Å²) < 4.78 is 1.65. The molecule has 1 amide bonds. The van der Waals surface area contributed by atoms with Gasteiger partial charge in [0.25, 0.3) is 5.91 Å². The van der Waals surface area contributed by atoms with Crippen LogP contribution in [-0.2, 0) is 6.54 Å². The summed E-state index contributed by atoms with van der Waals surface area (Å²) in [6, 6.07) is 10.3. The Morgan fingerprint density at radius 1 is 1.17 bits per heavy atom. The first kappa shape index (κ1) is 15.5. The van der Waals surface area contributed by atoms with Gasteiger partial charge in [-0.3, -0.25) is 4.79 Å². The molecule has 0 radical (unpaired) electrons. The molecular formula is C16H12Cl2N4O. The molecule has 0 aliphatic carbocycles. The predicted molar refractivity (Wildman–Crippen MR) is 89.0 cm³/mol. The lowest BCUT2D eigenvalue weighted by Gasteiger charge is -2.10. The van der Waals surface area contributed by atoms with Crippen molar-refractivity contribution in [3.63, 3.8) is 0 Å². The molecule has 0 unspecified atom stereocenters. The second-order valence-electron chi connectivity index (χ2n) is 4.74. The summed E-state index contributed by atoms with van der Waals surface area (Å²) in [5.74, 6) is 0.391. The zero-order valence-corrected chi connectivity index (χ0v) is 13.4. The lowest BCUT2D eigenvalue weighted by atomic mass is 10.2. The lowest BCUT2D eigenvalue weighted by Crippen LogP contribution is -2.24. The molecule has 0 aliphatic rings. The minimum atomic E-state index is -0.276. The molecule has 1 aromatic carbocycles. The van der Waals surface area contributed by atoms with E-state index in [4.69, 9.17) is 23.2 Å². The van der Waals surface area contributed by atoms with E-state index in [0.717, 1.165) is 5.56 Å². The van der Waals surface area contributed by atoms with Gasteiger partial charge in [-0.25, -0.2) is 9.67 Å². The number of rotatable bonds is 4. The fourth-order valence-electron chi connectivity index (χ4n) is 2.11. The topological polar surface area (TPSA) is 59.8 Å². The molecule has 0 aliphatic heterocycles. The molecule has 0 bridgehead atoms. The van der Waals surface area contributed by atoms with Crippen LogP contribution in [0.5, 0.6) is 0 Å². The molecule has 3 aromatic rings. The first-order valence-corrected chi connectivity index (χ1v) is 7.58. The zero-order chi connectivity index (χ0) is 16.2. The highest BCUT2D eigenvalue weighted by atomic mass is 35.5. The van der Waals surface area contributed by atoms with Gasteiger partial charge in [0, 0.05) is 35.7 Å². The number of halogens is 2. The molecule has 2 heterocycles. The molecule has 1 N–H and O–H groups in total. The highest BCUT2D eigenvalue weighted by Gasteiger charge is 2.12. The van der Waals surface area contributed by atoms with E-state index in [-0.39, 0.29) is 5.91 Å². The minimum Gasteiger partial charge on any atom is -0.348 e. The number of nitrogens with zero attached hydrogens (tertiary/aromatic N) is 3. The van der Waals surface area contributed by atoms with Crippen molar-refractivity contribution >= 4 is 29.1 Å². The Hall–Kier alpha value is -2.37. The number of aromatic nitrogens is 3. The van der Waals surface area contributed by atoms with Crippen molar-refractivity contribution in [3.8, 4) is 5.82 Å². The maximum atomic E-state index is 12.3. The smallest absolute Gasteiger partial charge is 0.253 e. The van der Waals surface area contributed by atoms with Gasteiger partial charge in [0.2, 0.25) is 0 Å². The van der Waals surface area contributed by atoms with Crippen LogP contribution in [0.1, 0.15) is 15.9 Å². The number of benzene rings is 1. The first-order chi connectivity index (χ1) is 11.1. The average Bonchev–Trinajstić information content (AvgIpc) is 3.07. The van der Waals surface area contributed by atoms with Gasteiger partial charge < -0.3 is 5.32 Å². The van der Waals surface area contributed by atoms with Crippen LogP contribution < -0.4 is 5.32 Å². The number of pyridine rings is 1. The molecule has 116 valence electrons. The highest BCUT2D eigenvalue weighted by molar-refractivity contribution is 6.36. The summed E-state index contributed by atoms with van der Waals surface area (Å²) in [5, 5.41) is 7.79. The monoisotopic (exact) mass is 346 g/mol. The number of nitrogens with one attached hydrogen (secondary N) is 1. The Morgan fingerprint density at radius 2 is 2.04 bits per heavy atom. The van der Waals surface area contributed by atoms with Gasteiger partial charge in [0.15, 0.2) is 5.82 Å². The zero-order valence-electron chi connectivity index (χ0n) is 11.9. The van der Waals surface area contributed by atoms with Crippen LogP contribution >= 0.6 is 23.2 Å². The van der Waals surface area contributed by atoms with Crippen LogP contribution in [0.25, 0.3) is 5.82 Å². The van der Waals surface area contributed by atoms with E-state index in [1.807, 2.05) is 18.2 Å². The van der Waals surface area contributed by atoms with Gasteiger partial charge in [-0.15, -0.1) is 0 Å². The molecule has 2 aromatic heterocycles. The molecule has 0 saturated carbocycles. The minimum absolute atomic E-state index is 0.276. The molecule has 0 saturated heterocycles. The van der Waals surface area contributed by atoms with E-state index in [9.17, 15) is 4.79 Å². The Morgan fingerprint density at radius 3 is 2.78 bits per heavy atom. The van der Waals surface area contributed by atoms with Crippen molar-refractivity contribution < 1.29 is 4.79 Å². The summed E-state index contributed by atoms with van der Waals surface area (Å²) >= 11 is 11.9. The quantitative estimate of drug-likeness (QED) is 0.786. The molecule has 7 heteroatoms. The van der Waals surface area contributed by atoms with Crippen molar-refractivity contribution in [2.24, 2.45) is 0 Å². The standard InChI is InChI=1S/C16H12Cl2N4O/c17-12-4-5-13(14(18)9-12)16(23)20-10-11-3-1-6-19-15(11)22-8-2-7-21-22/h1-9H,10H2,(H,20,23). The van der Waals surface area contributed by atoms with Crippen molar-refractivity contribution in [1.82, 2.24) is 20.1 Å². The maximum absolute atomic E-state index is 12.3. The molecule has 0 atom stereocenters. The SMILES string of the molecule is O=C(NCc1cccnc1-n1cccn1)c1ccc(Cl)cc1Cl. The second-order valence-corrected chi connectivity index (χ2v) is 5.59. The molecule has 23 heavy (non-hydrogen) atoms. The second kappa shape index (κ2) is 6.81. The van der Waals surface area contributed by atoms with Gasteiger partial charge in [0.05, 0.1) is 10.6 Å². The van der Waals surface area contributed by atoms with Crippen LogP contribution in [0.4, 0.5) is 0 Å². The van der Waals surface area contributed by atoms with Crippen molar-refractivity contribution in [3.05, 3.63) is 76.2 Å². The third kappa shape index (κ3) is 3.52. The van der Waals surface area contributed by atoms with Crippen LogP contribution in [0.3, 0.4) is 0 Å². The summed E-state index contributed by atoms with van der Waals surface area (Å²) in [4.78, 5) is 16.6. The van der Waals surface area contributed by atoms with Crippen LogP contribution in [-0.4, -0.2) is 20.7 Å². The third-order valence-corrected chi connectivity index (χ3v) is 3.75. The Labute approximate surface area is 142 Å². The summed E-state index contributed by atoms with van der Waals surface area (Å²) in [6.45, 7) is 0.306. The van der Waals surface area contributed by atoms with Crippen LogP contribution in [0, 0.1) is 0 Å². The maximum Gasteiger partial charge on any atom is 0.253 e. The Kier molecular flexibility index (Phi) is 4.60. The lowest BCUT2D eigenvalue weighted by molar-refractivity contribution is 0.0951. The van der Waals surface area contributed by atoms with Gasteiger partial charge >= 0.3 is 0 Å². The molecule has 0 spiro atoms. The molecular weight excluding hydrogens is 335 g/mol. The largest absolute Gasteiger partial charge is 0.348 e. The number of hydrogen-bond donors (Lipinski definition) is 1. The first-order valence-electron chi connectivity index (χ1n) is 6.82. The van der Waals surface area contributed by atoms with E-state index in [1.165, 1.54) is 6.07 Å². The Bertz CT molecular complexity index is 834. The molecule has 5 nitrogen and oxygen atoms in total. The van der Waals surface area contributed by atoms with Crippen molar-refractivity contribution in [2.45, 2.75) is 6.54 Å². The van der Waals surface area contributed by atoms with Crippen LogP contribution in [0.15, 0.2) is 55.0 Å². The van der Waals surface area contributed by atoms with Gasteiger partial charge in [0.1, 0.15) is 0 Å². The van der Waals surface area contributed by atoms with E-state index in [1.54, 1.807) is 35.4 Å². The van der Waals surface area contributed by atoms with Crippen LogP contribution in [0.2, 0.25) is 10.0 Å². The number of amides is 1. The molecule has 3 rings (SSSR count). The fraction of sp³-hybridized carbons (Fsp3) is 0.0625. The van der Waals surface area contributed by atoms with E-state index >= 15 is 0 Å². The predicted octanol–water partition coefficient (Wildman–Crippen LogP) is 3.50. The third-order valence-electron chi connectivity index (χ3n) is 3.20. The summed E-state index contributed by atoms with van der Waals surface area (Å²) in [7, 11) is 0. The van der Waals surface area contributed by atoms with Gasteiger partial charge in [-0.05, 0) is 30.3 Å². The van der Waals surface area contributed by atoms with E-state index < -0.39 is 0 Å². The van der Waals surface area contributed by atoms with E-state index in [2.05, 4.69) is 15.4 Å². The number of carbonyl (C=O) groups is 1. The number of carbonyl (C=O) groups excluding carboxylic acids is 1. The fourth-order valence-corrected chi connectivity index (χ4v) is 2.61. The average molecular weight is 347 g/mol. The highest BCUT2D eigenvalue weighted by Crippen LogP contribution is 2.21. The molecule has 0 fully saturated rings. The Balaban J connectivity index is 1.77. The normalized spacial score (nSPS) is 10.5. The van der Waals surface area contributed by atoms with Gasteiger partial charge in [-0.1, -0.05) is 29.3 Å². The number of hydrogen-bond acceptors (Lipinski definition) is 3. The summed E-state index contributed by atoms with van der Waals surface area (Å²) in [5.41, 5.74) is 1.22. The van der Waals surface area contributed by atoms with Gasteiger partial charge in [-0.2, -0.15) is 5.10 Å². The summed E-state index contributed by atoms with van der Waals surface area (Å²) in [6.07, 6.45) is 5.15.